The maximum atomic E-state index is 10.0. The number of halogens is 2. The Morgan fingerprint density at radius 1 is 1.56 bits per heavy atom. The van der Waals surface area contributed by atoms with Crippen molar-refractivity contribution in [3.05, 3.63) is 0 Å². The van der Waals surface area contributed by atoms with E-state index >= 15 is 0 Å². The van der Waals surface area contributed by atoms with Gasteiger partial charge >= 0.3 is 11.9 Å². The summed E-state index contributed by atoms with van der Waals surface area (Å²) in [5.41, 5.74) is 0. The standard InChI is InChI=1S/C3H4ClNO3.ClH/c1-8-3(7)2(6)5-4;/h1H3,(H,5,6);1H. The molecule has 9 heavy (non-hydrogen) atoms. The van der Waals surface area contributed by atoms with E-state index in [1.54, 1.807) is 4.84 Å². The fourth-order valence-corrected chi connectivity index (χ4v) is 0.208. The number of esters is 1. The van der Waals surface area contributed by atoms with Gasteiger partial charge in [0, 0.05) is 11.8 Å². The van der Waals surface area contributed by atoms with Crippen molar-refractivity contribution < 1.29 is 14.3 Å². The highest BCUT2D eigenvalue weighted by Crippen LogP contribution is 1.73. The van der Waals surface area contributed by atoms with Gasteiger partial charge in [0.05, 0.1) is 7.11 Å². The molecule has 0 heterocycles. The van der Waals surface area contributed by atoms with Crippen molar-refractivity contribution in [2.24, 2.45) is 0 Å². The van der Waals surface area contributed by atoms with Gasteiger partial charge in [0.15, 0.2) is 0 Å². The Morgan fingerprint density at radius 2 is 2.00 bits per heavy atom. The first-order chi connectivity index (χ1) is 3.72. The molecule has 0 rings (SSSR count). The zero-order valence-electron chi connectivity index (χ0n) is 4.51. The van der Waals surface area contributed by atoms with Crippen LogP contribution in [-0.2, 0) is 14.3 Å². The van der Waals surface area contributed by atoms with E-state index in [0.29, 0.717) is 0 Å². The van der Waals surface area contributed by atoms with E-state index in [4.69, 9.17) is 11.8 Å². The van der Waals surface area contributed by atoms with E-state index in [1.807, 2.05) is 0 Å². The normalized spacial score (nSPS) is 6.89. The number of carbonyl (C=O) groups is 2. The molecule has 0 atom stereocenters. The Hall–Kier alpha value is -0.480. The van der Waals surface area contributed by atoms with Crippen molar-refractivity contribution in [3.63, 3.8) is 0 Å². The highest BCUT2D eigenvalue weighted by molar-refractivity contribution is 6.40. The molecule has 0 aliphatic carbocycles. The Balaban J connectivity index is 0. The lowest BCUT2D eigenvalue weighted by Gasteiger charge is -1.91. The van der Waals surface area contributed by atoms with Gasteiger partial charge in [0.25, 0.3) is 0 Å². The zero-order valence-corrected chi connectivity index (χ0v) is 6.08. The third-order valence-electron chi connectivity index (χ3n) is 0.457. The van der Waals surface area contributed by atoms with Gasteiger partial charge in [-0.2, -0.15) is 0 Å². The molecule has 0 unspecified atom stereocenters. The van der Waals surface area contributed by atoms with Crippen molar-refractivity contribution in [1.29, 1.82) is 0 Å². The van der Waals surface area contributed by atoms with Crippen molar-refractivity contribution in [1.82, 2.24) is 4.84 Å². The Kier molecular flexibility index (Phi) is 7.12. The van der Waals surface area contributed by atoms with E-state index in [9.17, 15) is 9.59 Å². The molecule has 0 aromatic carbocycles. The van der Waals surface area contributed by atoms with Crippen molar-refractivity contribution in [2.45, 2.75) is 0 Å². The number of hydrogen-bond acceptors (Lipinski definition) is 3. The molecule has 0 aliphatic rings. The number of nitrogens with one attached hydrogen (secondary N) is 1. The Morgan fingerprint density at radius 3 is 2.11 bits per heavy atom. The van der Waals surface area contributed by atoms with Crippen LogP contribution in [0.3, 0.4) is 0 Å². The van der Waals surface area contributed by atoms with Gasteiger partial charge in [0.1, 0.15) is 0 Å². The van der Waals surface area contributed by atoms with Crippen LogP contribution in [0, 0.1) is 0 Å². The first kappa shape index (κ1) is 11.3. The lowest BCUT2D eigenvalue weighted by Crippen LogP contribution is -2.24. The first-order valence-corrected chi connectivity index (χ1v) is 2.09. The first-order valence-electron chi connectivity index (χ1n) is 1.71. The molecule has 0 aromatic heterocycles. The summed E-state index contributed by atoms with van der Waals surface area (Å²) in [6, 6.07) is 0. The molecule has 1 N–H and O–H groups in total. The predicted octanol–water partition coefficient (Wildman–Crippen LogP) is -0.149. The fourth-order valence-electron chi connectivity index (χ4n) is 0.131. The fraction of sp³-hybridized carbons (Fsp3) is 0.333. The summed E-state index contributed by atoms with van der Waals surface area (Å²) in [4.78, 5) is 21.6. The summed E-state index contributed by atoms with van der Waals surface area (Å²) in [5.74, 6) is -1.96. The van der Waals surface area contributed by atoms with Crippen LogP contribution in [0.15, 0.2) is 0 Å². The molecule has 0 fully saturated rings. The molecule has 0 spiro atoms. The van der Waals surface area contributed by atoms with E-state index in [2.05, 4.69) is 4.74 Å². The van der Waals surface area contributed by atoms with Gasteiger partial charge in [-0.1, -0.05) is 0 Å². The summed E-state index contributed by atoms with van der Waals surface area (Å²) in [6.07, 6.45) is 0. The van der Waals surface area contributed by atoms with Crippen molar-refractivity contribution >= 4 is 36.1 Å². The average molecular weight is 174 g/mol. The van der Waals surface area contributed by atoms with E-state index in [0.717, 1.165) is 7.11 Å². The average Bonchev–Trinajstić information content (AvgIpc) is 1.84. The second-order valence-electron chi connectivity index (χ2n) is 0.915. The quantitative estimate of drug-likeness (QED) is 0.315. The van der Waals surface area contributed by atoms with Gasteiger partial charge in [-0.15, -0.1) is 12.4 Å². The minimum absolute atomic E-state index is 0. The minimum atomic E-state index is -1.000. The second-order valence-corrected chi connectivity index (χ2v) is 1.10. The Bertz CT molecular complexity index is 102. The molecule has 0 radical (unpaired) electrons. The molecule has 0 saturated heterocycles. The van der Waals surface area contributed by atoms with Gasteiger partial charge in [-0.3, -0.25) is 9.63 Å². The molecule has 1 amide bonds. The van der Waals surface area contributed by atoms with Crippen LogP contribution in [0.1, 0.15) is 0 Å². The largest absolute Gasteiger partial charge is 0.462 e. The molecular formula is C3H5Cl2NO3. The third-order valence-corrected chi connectivity index (χ3v) is 0.628. The summed E-state index contributed by atoms with van der Waals surface area (Å²) in [7, 11) is 1.09. The summed E-state index contributed by atoms with van der Waals surface area (Å²) in [5, 5.41) is 0. The topological polar surface area (TPSA) is 55.4 Å². The zero-order chi connectivity index (χ0) is 6.57. The second kappa shape index (κ2) is 5.65. The summed E-state index contributed by atoms with van der Waals surface area (Å²) in [6.45, 7) is 0. The third kappa shape index (κ3) is 4.05. The molecule has 6 heteroatoms. The SMILES string of the molecule is COC(=O)C(=O)NCl.Cl. The van der Waals surface area contributed by atoms with Gasteiger partial charge in [-0.25, -0.2) is 4.79 Å². The van der Waals surface area contributed by atoms with Crippen LogP contribution in [0.4, 0.5) is 0 Å². The van der Waals surface area contributed by atoms with Crippen LogP contribution in [0.2, 0.25) is 0 Å². The molecular weight excluding hydrogens is 169 g/mol. The molecule has 4 nitrogen and oxygen atoms in total. The number of carbonyl (C=O) groups excluding carboxylic acids is 2. The van der Waals surface area contributed by atoms with Gasteiger partial charge in [-0.05, 0) is 0 Å². The van der Waals surface area contributed by atoms with Gasteiger partial charge < -0.3 is 4.74 Å². The van der Waals surface area contributed by atoms with Crippen molar-refractivity contribution in [2.75, 3.05) is 7.11 Å². The maximum absolute atomic E-state index is 10.0. The summed E-state index contributed by atoms with van der Waals surface area (Å²) >= 11 is 4.73. The number of amides is 1. The number of hydrogen-bond donors (Lipinski definition) is 1. The summed E-state index contributed by atoms with van der Waals surface area (Å²) < 4.78 is 3.97. The Labute approximate surface area is 63.0 Å². The molecule has 54 valence electrons. The highest BCUT2D eigenvalue weighted by Gasteiger charge is 2.10. The van der Waals surface area contributed by atoms with Crippen LogP contribution in [0.25, 0.3) is 0 Å². The molecule has 0 aliphatic heterocycles. The highest BCUT2D eigenvalue weighted by atomic mass is 35.5. The van der Waals surface area contributed by atoms with Crippen LogP contribution in [-0.4, -0.2) is 19.0 Å². The number of methoxy groups -OCH3 is 1. The smallest absolute Gasteiger partial charge is 0.397 e. The van der Waals surface area contributed by atoms with Crippen LogP contribution < -0.4 is 4.84 Å². The van der Waals surface area contributed by atoms with E-state index < -0.39 is 11.9 Å². The van der Waals surface area contributed by atoms with E-state index in [-0.39, 0.29) is 12.4 Å². The lowest BCUT2D eigenvalue weighted by atomic mass is 10.7. The van der Waals surface area contributed by atoms with Crippen LogP contribution >= 0.6 is 24.2 Å². The van der Waals surface area contributed by atoms with Crippen molar-refractivity contribution in [3.8, 4) is 0 Å². The molecule has 0 aromatic rings. The monoisotopic (exact) mass is 173 g/mol. The molecule has 0 saturated carbocycles. The number of ether oxygens (including phenoxy) is 1. The minimum Gasteiger partial charge on any atom is -0.462 e. The number of rotatable bonds is 0. The maximum Gasteiger partial charge on any atom is 0.397 e. The predicted molar refractivity (Wildman–Crippen MR) is 33.3 cm³/mol. The van der Waals surface area contributed by atoms with Gasteiger partial charge in [0.2, 0.25) is 0 Å². The van der Waals surface area contributed by atoms with Crippen LogP contribution in [0.5, 0.6) is 0 Å². The molecule has 0 bridgehead atoms. The van der Waals surface area contributed by atoms with E-state index in [1.165, 1.54) is 0 Å². The lowest BCUT2D eigenvalue weighted by molar-refractivity contribution is -0.151.